The molecule has 0 aliphatic heterocycles. The third-order valence-corrected chi connectivity index (χ3v) is 3.75. The molecule has 2 rings (SSSR count). The summed E-state index contributed by atoms with van der Waals surface area (Å²) >= 11 is 0. The SMILES string of the molecule is CCCOCc1ccccc1CN=C(N)Nc1cccc(CC)c1.I. The van der Waals surface area contributed by atoms with Crippen LogP contribution in [0, 0.1) is 0 Å². The van der Waals surface area contributed by atoms with Gasteiger partial charge >= 0.3 is 0 Å². The average Bonchev–Trinajstić information content (AvgIpc) is 2.61. The van der Waals surface area contributed by atoms with Gasteiger partial charge in [-0.1, -0.05) is 50.2 Å². The number of guanidine groups is 1. The number of nitrogens with one attached hydrogen (secondary N) is 1. The number of ether oxygens (including phenoxy) is 1. The van der Waals surface area contributed by atoms with Crippen molar-refractivity contribution < 1.29 is 4.74 Å². The second-order valence-corrected chi connectivity index (χ2v) is 5.70. The Bertz CT molecular complexity index is 673. The summed E-state index contributed by atoms with van der Waals surface area (Å²) in [5.74, 6) is 0.424. The van der Waals surface area contributed by atoms with Crippen molar-refractivity contribution in [1.82, 2.24) is 0 Å². The fourth-order valence-electron chi connectivity index (χ4n) is 2.41. The van der Waals surface area contributed by atoms with Gasteiger partial charge in [0.2, 0.25) is 0 Å². The van der Waals surface area contributed by atoms with E-state index in [2.05, 4.69) is 48.4 Å². The van der Waals surface area contributed by atoms with E-state index in [0.717, 1.165) is 36.3 Å². The van der Waals surface area contributed by atoms with Crippen molar-refractivity contribution in [3.63, 3.8) is 0 Å². The summed E-state index contributed by atoms with van der Waals surface area (Å²) in [7, 11) is 0. The van der Waals surface area contributed by atoms with Crippen LogP contribution in [0.3, 0.4) is 0 Å². The van der Waals surface area contributed by atoms with Crippen LogP contribution < -0.4 is 11.1 Å². The van der Waals surface area contributed by atoms with E-state index in [1.807, 2.05) is 24.3 Å². The summed E-state index contributed by atoms with van der Waals surface area (Å²) in [6, 6.07) is 16.4. The molecule has 0 aromatic heterocycles. The lowest BCUT2D eigenvalue weighted by Crippen LogP contribution is -2.22. The molecule has 0 bridgehead atoms. The van der Waals surface area contributed by atoms with E-state index in [1.165, 1.54) is 5.56 Å². The Morgan fingerprint density at radius 2 is 1.84 bits per heavy atom. The zero-order valence-corrected chi connectivity index (χ0v) is 17.3. The third kappa shape index (κ3) is 7.44. The maximum Gasteiger partial charge on any atom is 0.193 e. The smallest absolute Gasteiger partial charge is 0.193 e. The highest BCUT2D eigenvalue weighted by Crippen LogP contribution is 2.13. The number of hydrogen-bond donors (Lipinski definition) is 2. The molecule has 0 heterocycles. The molecule has 0 aliphatic rings. The van der Waals surface area contributed by atoms with Crippen LogP contribution in [0.1, 0.15) is 37.0 Å². The second kappa shape index (κ2) is 11.9. The lowest BCUT2D eigenvalue weighted by molar-refractivity contribution is 0.121. The molecule has 0 saturated heterocycles. The van der Waals surface area contributed by atoms with E-state index >= 15 is 0 Å². The van der Waals surface area contributed by atoms with E-state index in [9.17, 15) is 0 Å². The van der Waals surface area contributed by atoms with Gasteiger partial charge < -0.3 is 15.8 Å². The molecule has 0 saturated carbocycles. The lowest BCUT2D eigenvalue weighted by Gasteiger charge is -2.10. The highest BCUT2D eigenvalue weighted by atomic mass is 127. The molecule has 0 unspecified atom stereocenters. The summed E-state index contributed by atoms with van der Waals surface area (Å²) in [4.78, 5) is 4.46. The van der Waals surface area contributed by atoms with Crippen LogP contribution in [0.2, 0.25) is 0 Å². The number of nitrogens with zero attached hydrogens (tertiary/aromatic N) is 1. The monoisotopic (exact) mass is 453 g/mol. The quantitative estimate of drug-likeness (QED) is 0.263. The first-order valence-corrected chi connectivity index (χ1v) is 8.53. The Balaban J connectivity index is 0.00000312. The maximum atomic E-state index is 6.02. The Morgan fingerprint density at radius 3 is 2.56 bits per heavy atom. The minimum Gasteiger partial charge on any atom is -0.377 e. The van der Waals surface area contributed by atoms with Gasteiger partial charge in [0.15, 0.2) is 5.96 Å². The molecule has 0 aliphatic carbocycles. The fourth-order valence-corrected chi connectivity index (χ4v) is 2.41. The Kier molecular flexibility index (Phi) is 10.2. The molecule has 0 spiro atoms. The zero-order valence-electron chi connectivity index (χ0n) is 15.0. The van der Waals surface area contributed by atoms with Crippen molar-refractivity contribution in [2.24, 2.45) is 10.7 Å². The molecule has 0 radical (unpaired) electrons. The van der Waals surface area contributed by atoms with Crippen molar-refractivity contribution >= 4 is 35.6 Å². The number of rotatable bonds is 8. The van der Waals surface area contributed by atoms with Gasteiger partial charge in [-0.05, 0) is 41.7 Å². The van der Waals surface area contributed by atoms with E-state index in [4.69, 9.17) is 10.5 Å². The number of nitrogens with two attached hydrogens (primary N) is 1. The highest BCUT2D eigenvalue weighted by molar-refractivity contribution is 14.0. The summed E-state index contributed by atoms with van der Waals surface area (Å²) in [5.41, 5.74) is 10.6. The Hall–Kier alpha value is -1.60. The van der Waals surface area contributed by atoms with E-state index < -0.39 is 0 Å². The first kappa shape index (κ1) is 21.4. The topological polar surface area (TPSA) is 59.6 Å². The molecule has 0 amide bonds. The van der Waals surface area contributed by atoms with Crippen molar-refractivity contribution in [2.75, 3.05) is 11.9 Å². The maximum absolute atomic E-state index is 6.02. The molecular weight excluding hydrogens is 425 g/mol. The van der Waals surface area contributed by atoms with Crippen LogP contribution in [0.15, 0.2) is 53.5 Å². The Labute approximate surface area is 167 Å². The molecule has 0 atom stereocenters. The highest BCUT2D eigenvalue weighted by Gasteiger charge is 2.02. The molecule has 4 nitrogen and oxygen atoms in total. The van der Waals surface area contributed by atoms with Crippen molar-refractivity contribution in [2.45, 2.75) is 39.8 Å². The molecule has 136 valence electrons. The summed E-state index contributed by atoms with van der Waals surface area (Å²) in [6.07, 6.45) is 2.02. The largest absolute Gasteiger partial charge is 0.377 e. The van der Waals surface area contributed by atoms with Gasteiger partial charge in [-0.25, -0.2) is 4.99 Å². The first-order valence-electron chi connectivity index (χ1n) is 8.53. The molecule has 2 aromatic carbocycles. The minimum atomic E-state index is 0. The third-order valence-electron chi connectivity index (χ3n) is 3.75. The summed E-state index contributed by atoms with van der Waals surface area (Å²) in [5, 5.41) is 3.16. The van der Waals surface area contributed by atoms with Crippen molar-refractivity contribution in [3.05, 3.63) is 65.2 Å². The van der Waals surface area contributed by atoms with Gasteiger partial charge in [0.05, 0.1) is 13.2 Å². The fraction of sp³-hybridized carbons (Fsp3) is 0.350. The first-order chi connectivity index (χ1) is 11.7. The van der Waals surface area contributed by atoms with E-state index in [-0.39, 0.29) is 24.0 Å². The van der Waals surface area contributed by atoms with Gasteiger partial charge in [-0.3, -0.25) is 0 Å². The normalized spacial score (nSPS) is 11.0. The number of aryl methyl sites for hydroxylation is 1. The van der Waals surface area contributed by atoms with Gasteiger partial charge in [0.25, 0.3) is 0 Å². The number of benzene rings is 2. The predicted molar refractivity (Wildman–Crippen MR) is 117 cm³/mol. The standard InChI is InChI=1S/C20H27N3O.HI/c1-3-12-24-15-18-10-6-5-9-17(18)14-22-20(21)23-19-11-7-8-16(4-2)13-19;/h5-11,13H,3-4,12,14-15H2,1-2H3,(H3,21,22,23);1H. The Morgan fingerprint density at radius 1 is 1.08 bits per heavy atom. The van der Waals surface area contributed by atoms with Crippen LogP contribution in [-0.2, 0) is 24.3 Å². The number of halogens is 1. The van der Waals surface area contributed by atoms with Crippen molar-refractivity contribution in [1.29, 1.82) is 0 Å². The summed E-state index contributed by atoms with van der Waals surface area (Å²) < 4.78 is 5.64. The van der Waals surface area contributed by atoms with Crippen LogP contribution in [0.25, 0.3) is 0 Å². The van der Waals surface area contributed by atoms with Crippen LogP contribution in [-0.4, -0.2) is 12.6 Å². The molecule has 3 N–H and O–H groups in total. The van der Waals surface area contributed by atoms with Gasteiger partial charge in [0, 0.05) is 12.3 Å². The molecule has 25 heavy (non-hydrogen) atoms. The van der Waals surface area contributed by atoms with Gasteiger partial charge in [0.1, 0.15) is 0 Å². The molecule has 2 aromatic rings. The number of aliphatic imine (C=N–C) groups is 1. The lowest BCUT2D eigenvalue weighted by atomic mass is 10.1. The number of hydrogen-bond acceptors (Lipinski definition) is 2. The second-order valence-electron chi connectivity index (χ2n) is 5.70. The van der Waals surface area contributed by atoms with Gasteiger partial charge in [-0.2, -0.15) is 0 Å². The predicted octanol–water partition coefficient (Wildman–Crippen LogP) is 4.72. The minimum absolute atomic E-state index is 0. The van der Waals surface area contributed by atoms with Crippen LogP contribution >= 0.6 is 24.0 Å². The summed E-state index contributed by atoms with van der Waals surface area (Å²) in [6.45, 7) is 6.17. The van der Waals surface area contributed by atoms with Crippen molar-refractivity contribution in [3.8, 4) is 0 Å². The average molecular weight is 453 g/mol. The van der Waals surface area contributed by atoms with Crippen LogP contribution in [0.4, 0.5) is 5.69 Å². The zero-order chi connectivity index (χ0) is 17.2. The van der Waals surface area contributed by atoms with Gasteiger partial charge in [-0.15, -0.1) is 24.0 Å². The molecular formula is C20H28IN3O. The van der Waals surface area contributed by atoms with E-state index in [0.29, 0.717) is 19.1 Å². The molecule has 0 fully saturated rings. The number of anilines is 1. The molecule has 5 heteroatoms. The van der Waals surface area contributed by atoms with Crippen LogP contribution in [0.5, 0.6) is 0 Å². The van der Waals surface area contributed by atoms with E-state index in [1.54, 1.807) is 0 Å².